The molecule has 1 aliphatic rings. The minimum atomic E-state index is 0.0941. The van der Waals surface area contributed by atoms with Crippen molar-refractivity contribution in [1.82, 2.24) is 4.98 Å². The lowest BCUT2D eigenvalue weighted by Crippen LogP contribution is -2.15. The molecule has 0 aliphatic carbocycles. The molecule has 2 aromatic rings. The number of rotatable bonds is 1. The van der Waals surface area contributed by atoms with Crippen molar-refractivity contribution in [1.29, 1.82) is 0 Å². The topological polar surface area (TPSA) is 31.4 Å². The van der Waals surface area contributed by atoms with Crippen LogP contribution in [-0.2, 0) is 5.41 Å². The van der Waals surface area contributed by atoms with Crippen LogP contribution in [0.1, 0.15) is 26.3 Å². The summed E-state index contributed by atoms with van der Waals surface area (Å²) < 4.78 is 11.2. The first-order chi connectivity index (χ1) is 9.54. The van der Waals surface area contributed by atoms with Gasteiger partial charge >= 0.3 is 0 Å². The highest BCUT2D eigenvalue weighted by molar-refractivity contribution is 5.67. The molecular weight excluding hydrogens is 250 g/mol. The number of benzene rings is 1. The van der Waals surface area contributed by atoms with E-state index in [-0.39, 0.29) is 5.41 Å². The summed E-state index contributed by atoms with van der Waals surface area (Å²) in [6.45, 7) is 7.80. The van der Waals surface area contributed by atoms with Crippen LogP contribution in [0.2, 0.25) is 0 Å². The van der Waals surface area contributed by atoms with Crippen LogP contribution in [0.25, 0.3) is 11.1 Å². The second-order valence-electron chi connectivity index (χ2n) is 6.07. The molecule has 1 aliphatic heterocycles. The van der Waals surface area contributed by atoms with Crippen molar-refractivity contribution >= 4 is 0 Å². The van der Waals surface area contributed by atoms with Gasteiger partial charge in [0, 0.05) is 18.0 Å². The third-order valence-corrected chi connectivity index (χ3v) is 3.48. The molecule has 0 amide bonds. The summed E-state index contributed by atoms with van der Waals surface area (Å²) in [6, 6.07) is 8.24. The number of pyridine rings is 1. The lowest BCUT2D eigenvalue weighted by Gasteiger charge is -2.20. The standard InChI is InChI=1S/C17H19NO2/c1-17(2,3)14-8-13(10-18-11-14)12-4-5-15-16(9-12)20-7-6-19-15/h4-5,8-11H,6-7H2,1-3H3. The van der Waals surface area contributed by atoms with Gasteiger partial charge in [0.2, 0.25) is 0 Å². The van der Waals surface area contributed by atoms with Gasteiger partial charge < -0.3 is 9.47 Å². The van der Waals surface area contributed by atoms with Gasteiger partial charge in [-0.15, -0.1) is 0 Å². The van der Waals surface area contributed by atoms with Gasteiger partial charge in [-0.25, -0.2) is 0 Å². The SMILES string of the molecule is CC(C)(C)c1cncc(-c2ccc3c(c2)OCCO3)c1. The Morgan fingerprint density at radius 3 is 2.40 bits per heavy atom. The molecule has 0 bridgehead atoms. The van der Waals surface area contributed by atoms with Crippen molar-refractivity contribution in [3.63, 3.8) is 0 Å². The van der Waals surface area contributed by atoms with E-state index >= 15 is 0 Å². The molecule has 1 aromatic heterocycles. The molecule has 0 fully saturated rings. The van der Waals surface area contributed by atoms with Gasteiger partial charge in [-0.1, -0.05) is 26.8 Å². The zero-order valence-electron chi connectivity index (χ0n) is 12.1. The Bertz CT molecular complexity index is 629. The number of aromatic nitrogens is 1. The van der Waals surface area contributed by atoms with Crippen molar-refractivity contribution in [2.45, 2.75) is 26.2 Å². The fraction of sp³-hybridized carbons (Fsp3) is 0.353. The van der Waals surface area contributed by atoms with Crippen LogP contribution in [0, 0.1) is 0 Å². The van der Waals surface area contributed by atoms with E-state index in [4.69, 9.17) is 9.47 Å². The van der Waals surface area contributed by atoms with Gasteiger partial charge in [0.15, 0.2) is 11.5 Å². The summed E-state index contributed by atoms with van der Waals surface area (Å²) >= 11 is 0. The molecule has 3 nitrogen and oxygen atoms in total. The van der Waals surface area contributed by atoms with Gasteiger partial charge in [0.25, 0.3) is 0 Å². The highest BCUT2D eigenvalue weighted by Crippen LogP contribution is 2.35. The number of hydrogen-bond donors (Lipinski definition) is 0. The molecule has 0 radical (unpaired) electrons. The average Bonchev–Trinajstić information content (AvgIpc) is 2.46. The van der Waals surface area contributed by atoms with Crippen LogP contribution in [-0.4, -0.2) is 18.2 Å². The predicted octanol–water partition coefficient (Wildman–Crippen LogP) is 3.82. The minimum absolute atomic E-state index is 0.0941. The fourth-order valence-corrected chi connectivity index (χ4v) is 2.23. The smallest absolute Gasteiger partial charge is 0.161 e. The van der Waals surface area contributed by atoms with Crippen LogP contribution in [0.5, 0.6) is 11.5 Å². The summed E-state index contributed by atoms with van der Waals surface area (Å²) in [5.74, 6) is 1.63. The molecule has 0 saturated carbocycles. The zero-order chi connectivity index (χ0) is 14.2. The molecular formula is C17H19NO2. The van der Waals surface area contributed by atoms with Gasteiger partial charge in [0.1, 0.15) is 13.2 Å². The zero-order valence-corrected chi connectivity index (χ0v) is 12.1. The summed E-state index contributed by atoms with van der Waals surface area (Å²) in [4.78, 5) is 4.37. The minimum Gasteiger partial charge on any atom is -0.486 e. The van der Waals surface area contributed by atoms with E-state index in [2.05, 4.69) is 37.9 Å². The Balaban J connectivity index is 2.01. The second-order valence-corrected chi connectivity index (χ2v) is 6.07. The van der Waals surface area contributed by atoms with E-state index in [9.17, 15) is 0 Å². The largest absolute Gasteiger partial charge is 0.486 e. The van der Waals surface area contributed by atoms with Crippen molar-refractivity contribution in [3.8, 4) is 22.6 Å². The average molecular weight is 269 g/mol. The summed E-state index contributed by atoms with van der Waals surface area (Å²) in [5.41, 5.74) is 3.53. The predicted molar refractivity (Wildman–Crippen MR) is 79.4 cm³/mol. The Kier molecular flexibility index (Phi) is 3.13. The van der Waals surface area contributed by atoms with Gasteiger partial charge in [-0.05, 0) is 34.7 Å². The van der Waals surface area contributed by atoms with Crippen molar-refractivity contribution in [2.24, 2.45) is 0 Å². The first kappa shape index (κ1) is 13.0. The molecule has 104 valence electrons. The van der Waals surface area contributed by atoms with E-state index in [1.807, 2.05) is 24.5 Å². The van der Waals surface area contributed by atoms with Crippen LogP contribution < -0.4 is 9.47 Å². The Morgan fingerprint density at radius 1 is 0.900 bits per heavy atom. The number of fused-ring (bicyclic) bond motifs is 1. The van der Waals surface area contributed by atoms with E-state index in [1.165, 1.54) is 5.56 Å². The van der Waals surface area contributed by atoms with Crippen LogP contribution in [0.4, 0.5) is 0 Å². The second kappa shape index (κ2) is 4.82. The van der Waals surface area contributed by atoms with Crippen molar-refractivity contribution < 1.29 is 9.47 Å². The van der Waals surface area contributed by atoms with E-state index < -0.39 is 0 Å². The van der Waals surface area contributed by atoms with E-state index in [0.717, 1.165) is 22.6 Å². The molecule has 0 unspecified atom stereocenters. The normalized spacial score (nSPS) is 14.2. The molecule has 3 rings (SSSR count). The molecule has 0 atom stereocenters. The van der Waals surface area contributed by atoms with Crippen molar-refractivity contribution in [2.75, 3.05) is 13.2 Å². The lowest BCUT2D eigenvalue weighted by molar-refractivity contribution is 0.171. The van der Waals surface area contributed by atoms with Crippen LogP contribution >= 0.6 is 0 Å². The Morgan fingerprint density at radius 2 is 1.65 bits per heavy atom. The lowest BCUT2D eigenvalue weighted by atomic mass is 9.87. The first-order valence-electron chi connectivity index (χ1n) is 6.89. The molecule has 0 spiro atoms. The van der Waals surface area contributed by atoms with Gasteiger partial charge in [-0.2, -0.15) is 0 Å². The van der Waals surface area contributed by atoms with Crippen molar-refractivity contribution in [3.05, 3.63) is 42.2 Å². The monoisotopic (exact) mass is 269 g/mol. The number of ether oxygens (including phenoxy) is 2. The van der Waals surface area contributed by atoms with Gasteiger partial charge in [0.05, 0.1) is 0 Å². The maximum Gasteiger partial charge on any atom is 0.161 e. The summed E-state index contributed by atoms with van der Waals surface area (Å²) in [7, 11) is 0. The van der Waals surface area contributed by atoms with E-state index in [0.29, 0.717) is 13.2 Å². The molecule has 20 heavy (non-hydrogen) atoms. The highest BCUT2D eigenvalue weighted by Gasteiger charge is 2.16. The van der Waals surface area contributed by atoms with Gasteiger partial charge in [-0.3, -0.25) is 4.98 Å². The molecule has 2 heterocycles. The quantitative estimate of drug-likeness (QED) is 0.788. The van der Waals surface area contributed by atoms with Crippen LogP contribution in [0.3, 0.4) is 0 Å². The maximum absolute atomic E-state index is 5.64. The third kappa shape index (κ3) is 2.48. The molecule has 0 saturated heterocycles. The summed E-state index contributed by atoms with van der Waals surface area (Å²) in [6.07, 6.45) is 3.82. The molecule has 1 aromatic carbocycles. The molecule has 3 heteroatoms. The molecule has 0 N–H and O–H groups in total. The van der Waals surface area contributed by atoms with Crippen LogP contribution in [0.15, 0.2) is 36.7 Å². The third-order valence-electron chi connectivity index (χ3n) is 3.48. The Hall–Kier alpha value is -2.03. The summed E-state index contributed by atoms with van der Waals surface area (Å²) in [5, 5.41) is 0. The maximum atomic E-state index is 5.64. The van der Waals surface area contributed by atoms with E-state index in [1.54, 1.807) is 0 Å². The number of hydrogen-bond acceptors (Lipinski definition) is 3. The Labute approximate surface area is 119 Å². The highest BCUT2D eigenvalue weighted by atomic mass is 16.6. The first-order valence-corrected chi connectivity index (χ1v) is 6.89. The fourth-order valence-electron chi connectivity index (χ4n) is 2.23. The number of nitrogens with zero attached hydrogens (tertiary/aromatic N) is 1.